The lowest BCUT2D eigenvalue weighted by molar-refractivity contribution is -0.145. The standard InChI is InChI=1S/C17H23NO4/c1-12-5-6-13(2)15(10-12)22-9-7-16(19)18-8-3-4-14(11-18)17(20)21/h5-6,10,14H,3-4,7-9,11H2,1-2H3,(H,20,21)/t14-/m1/s1. The number of benzene rings is 1. The number of aliphatic carboxylic acids is 1. The zero-order valence-corrected chi connectivity index (χ0v) is 13.2. The summed E-state index contributed by atoms with van der Waals surface area (Å²) in [4.78, 5) is 24.8. The van der Waals surface area contributed by atoms with Crippen LogP contribution < -0.4 is 4.74 Å². The van der Waals surface area contributed by atoms with Crippen molar-refractivity contribution in [3.8, 4) is 5.75 Å². The van der Waals surface area contributed by atoms with Crippen molar-refractivity contribution in [3.05, 3.63) is 29.3 Å². The minimum atomic E-state index is -0.816. The SMILES string of the molecule is Cc1ccc(C)c(OCCC(=O)N2CCC[C@@H](C(=O)O)C2)c1. The van der Waals surface area contributed by atoms with Gasteiger partial charge in [-0.15, -0.1) is 0 Å². The number of carboxylic acid groups (broad SMARTS) is 1. The number of nitrogens with zero attached hydrogens (tertiary/aromatic N) is 1. The van der Waals surface area contributed by atoms with Gasteiger partial charge >= 0.3 is 5.97 Å². The van der Waals surface area contributed by atoms with Gasteiger partial charge in [-0.1, -0.05) is 12.1 Å². The predicted octanol–water partition coefficient (Wildman–Crippen LogP) is 2.40. The van der Waals surface area contributed by atoms with Crippen LogP contribution >= 0.6 is 0 Å². The third-order valence-corrected chi connectivity index (χ3v) is 4.04. The van der Waals surface area contributed by atoms with Gasteiger partial charge in [-0.2, -0.15) is 0 Å². The van der Waals surface area contributed by atoms with Crippen LogP contribution in [-0.2, 0) is 9.59 Å². The van der Waals surface area contributed by atoms with E-state index in [1.54, 1.807) is 4.90 Å². The number of ether oxygens (including phenoxy) is 1. The van der Waals surface area contributed by atoms with Crippen LogP contribution in [0.25, 0.3) is 0 Å². The third kappa shape index (κ3) is 4.23. The van der Waals surface area contributed by atoms with Gasteiger partial charge in [-0.25, -0.2) is 0 Å². The van der Waals surface area contributed by atoms with E-state index in [1.165, 1.54) is 0 Å². The maximum absolute atomic E-state index is 12.2. The lowest BCUT2D eigenvalue weighted by atomic mass is 9.98. The Balaban J connectivity index is 1.82. The molecular weight excluding hydrogens is 282 g/mol. The van der Waals surface area contributed by atoms with E-state index in [4.69, 9.17) is 9.84 Å². The van der Waals surface area contributed by atoms with Crippen LogP contribution in [0.5, 0.6) is 5.75 Å². The summed E-state index contributed by atoms with van der Waals surface area (Å²) in [5.41, 5.74) is 2.16. The highest BCUT2D eigenvalue weighted by Crippen LogP contribution is 2.20. The molecule has 1 saturated heterocycles. The lowest BCUT2D eigenvalue weighted by Crippen LogP contribution is -2.42. The van der Waals surface area contributed by atoms with E-state index in [1.807, 2.05) is 32.0 Å². The normalized spacial score (nSPS) is 18.1. The molecule has 1 heterocycles. The number of hydrogen-bond donors (Lipinski definition) is 1. The van der Waals surface area contributed by atoms with Gasteiger partial charge < -0.3 is 14.7 Å². The van der Waals surface area contributed by atoms with Crippen molar-refractivity contribution in [1.82, 2.24) is 4.90 Å². The second kappa shape index (κ2) is 7.29. The molecule has 0 radical (unpaired) electrons. The molecule has 1 amide bonds. The first-order chi connectivity index (χ1) is 10.5. The topological polar surface area (TPSA) is 66.8 Å². The summed E-state index contributed by atoms with van der Waals surface area (Å²) < 4.78 is 5.69. The summed E-state index contributed by atoms with van der Waals surface area (Å²) in [7, 11) is 0. The van der Waals surface area contributed by atoms with Gasteiger partial charge in [0.15, 0.2) is 0 Å². The molecule has 5 nitrogen and oxygen atoms in total. The molecule has 2 rings (SSSR count). The van der Waals surface area contributed by atoms with E-state index in [9.17, 15) is 9.59 Å². The molecule has 5 heteroatoms. The highest BCUT2D eigenvalue weighted by atomic mass is 16.5. The molecule has 1 aromatic rings. The van der Waals surface area contributed by atoms with E-state index in [0.717, 1.165) is 23.3 Å². The fraction of sp³-hybridized carbons (Fsp3) is 0.529. The largest absolute Gasteiger partial charge is 0.493 e. The van der Waals surface area contributed by atoms with Crippen LogP contribution in [0.4, 0.5) is 0 Å². The van der Waals surface area contributed by atoms with Crippen molar-refractivity contribution in [2.75, 3.05) is 19.7 Å². The number of carbonyl (C=O) groups excluding carboxylic acids is 1. The maximum Gasteiger partial charge on any atom is 0.308 e. The first-order valence-corrected chi connectivity index (χ1v) is 7.68. The molecular formula is C17H23NO4. The Kier molecular flexibility index (Phi) is 5.41. The molecule has 0 spiro atoms. The summed E-state index contributed by atoms with van der Waals surface area (Å²) >= 11 is 0. The van der Waals surface area contributed by atoms with Gasteiger partial charge in [0.1, 0.15) is 5.75 Å². The summed E-state index contributed by atoms with van der Waals surface area (Å²) in [6.45, 7) is 5.25. The van der Waals surface area contributed by atoms with E-state index in [2.05, 4.69) is 0 Å². The number of aryl methyl sites for hydroxylation is 2. The Morgan fingerprint density at radius 2 is 2.14 bits per heavy atom. The van der Waals surface area contributed by atoms with Gasteiger partial charge in [0.05, 0.1) is 18.9 Å². The Hall–Kier alpha value is -2.04. The predicted molar refractivity (Wildman–Crippen MR) is 83.0 cm³/mol. The number of carboxylic acids is 1. The zero-order chi connectivity index (χ0) is 16.1. The maximum atomic E-state index is 12.2. The van der Waals surface area contributed by atoms with Crippen molar-refractivity contribution >= 4 is 11.9 Å². The molecule has 1 aliphatic rings. The fourth-order valence-electron chi connectivity index (χ4n) is 2.67. The molecule has 1 fully saturated rings. The molecule has 0 bridgehead atoms. The summed E-state index contributed by atoms with van der Waals surface area (Å²) in [6, 6.07) is 5.98. The fourth-order valence-corrected chi connectivity index (χ4v) is 2.67. The van der Waals surface area contributed by atoms with Crippen LogP contribution in [0.15, 0.2) is 18.2 Å². The Morgan fingerprint density at radius 3 is 2.86 bits per heavy atom. The molecule has 0 saturated carbocycles. The van der Waals surface area contributed by atoms with Crippen molar-refractivity contribution in [2.24, 2.45) is 5.92 Å². The second-order valence-electron chi connectivity index (χ2n) is 5.88. The highest BCUT2D eigenvalue weighted by molar-refractivity contribution is 5.78. The smallest absolute Gasteiger partial charge is 0.308 e. The minimum Gasteiger partial charge on any atom is -0.493 e. The number of piperidine rings is 1. The van der Waals surface area contributed by atoms with Crippen molar-refractivity contribution in [3.63, 3.8) is 0 Å². The van der Waals surface area contributed by atoms with Crippen LogP contribution in [0.1, 0.15) is 30.4 Å². The molecule has 0 aliphatic carbocycles. The summed E-state index contributed by atoms with van der Waals surface area (Å²) in [5, 5.41) is 9.06. The zero-order valence-electron chi connectivity index (χ0n) is 13.2. The lowest BCUT2D eigenvalue weighted by Gasteiger charge is -2.30. The van der Waals surface area contributed by atoms with Gasteiger partial charge in [0.25, 0.3) is 0 Å². The Labute approximate surface area is 130 Å². The number of rotatable bonds is 5. The second-order valence-corrected chi connectivity index (χ2v) is 5.88. The monoisotopic (exact) mass is 305 g/mol. The molecule has 1 N–H and O–H groups in total. The molecule has 0 aromatic heterocycles. The Bertz CT molecular complexity index is 556. The van der Waals surface area contributed by atoms with Crippen LogP contribution in [-0.4, -0.2) is 41.6 Å². The van der Waals surface area contributed by atoms with Crippen LogP contribution in [0.3, 0.4) is 0 Å². The summed E-state index contributed by atoms with van der Waals surface area (Å²) in [6.07, 6.45) is 1.68. The van der Waals surface area contributed by atoms with Crippen LogP contribution in [0.2, 0.25) is 0 Å². The average Bonchev–Trinajstić information content (AvgIpc) is 2.50. The first-order valence-electron chi connectivity index (χ1n) is 7.68. The summed E-state index contributed by atoms with van der Waals surface area (Å²) in [5.74, 6) is -0.479. The van der Waals surface area contributed by atoms with E-state index < -0.39 is 11.9 Å². The molecule has 0 unspecified atom stereocenters. The third-order valence-electron chi connectivity index (χ3n) is 4.04. The van der Waals surface area contributed by atoms with Gasteiger partial charge in [0.2, 0.25) is 5.91 Å². The molecule has 1 aromatic carbocycles. The quantitative estimate of drug-likeness (QED) is 0.907. The van der Waals surface area contributed by atoms with E-state index >= 15 is 0 Å². The molecule has 1 atom stereocenters. The van der Waals surface area contributed by atoms with Crippen molar-refractivity contribution in [1.29, 1.82) is 0 Å². The number of likely N-dealkylation sites (tertiary alicyclic amines) is 1. The molecule has 22 heavy (non-hydrogen) atoms. The Morgan fingerprint density at radius 1 is 1.36 bits per heavy atom. The molecule has 120 valence electrons. The van der Waals surface area contributed by atoms with Gasteiger partial charge in [-0.3, -0.25) is 9.59 Å². The van der Waals surface area contributed by atoms with E-state index in [-0.39, 0.29) is 12.3 Å². The molecule has 1 aliphatic heterocycles. The van der Waals surface area contributed by atoms with Crippen molar-refractivity contribution in [2.45, 2.75) is 33.1 Å². The van der Waals surface area contributed by atoms with E-state index in [0.29, 0.717) is 26.1 Å². The minimum absolute atomic E-state index is 0.0312. The van der Waals surface area contributed by atoms with Crippen LogP contribution in [0, 0.1) is 19.8 Å². The van der Waals surface area contributed by atoms with Gasteiger partial charge in [-0.05, 0) is 43.9 Å². The van der Waals surface area contributed by atoms with Crippen molar-refractivity contribution < 1.29 is 19.4 Å². The number of amides is 1. The van der Waals surface area contributed by atoms with Gasteiger partial charge in [0, 0.05) is 13.1 Å². The highest BCUT2D eigenvalue weighted by Gasteiger charge is 2.27. The average molecular weight is 305 g/mol. The number of hydrogen-bond acceptors (Lipinski definition) is 3. The number of carbonyl (C=O) groups is 2. The first kappa shape index (κ1) is 16.3.